The molecule has 1 aromatic rings. The normalized spacial score (nSPS) is 10.9. The summed E-state index contributed by atoms with van der Waals surface area (Å²) in [6.07, 6.45) is 4.11. The van der Waals surface area contributed by atoms with Gasteiger partial charge in [0, 0.05) is 0 Å². The Morgan fingerprint density at radius 2 is 2.23 bits per heavy atom. The molecule has 1 aromatic carbocycles. The molecule has 1 nitrogen and oxygen atoms in total. The largest absolute Gasteiger partial charge is 0.507 e. The van der Waals surface area contributed by atoms with Gasteiger partial charge in [-0.2, -0.15) is 12.6 Å². The number of aromatic hydroxyl groups is 1. The van der Waals surface area contributed by atoms with Crippen LogP contribution in [-0.4, -0.2) is 10.9 Å². The lowest BCUT2D eigenvalue weighted by atomic mass is 10.1. The molecule has 0 heterocycles. The van der Waals surface area contributed by atoms with Crippen molar-refractivity contribution in [1.29, 1.82) is 0 Å². The summed E-state index contributed by atoms with van der Waals surface area (Å²) >= 11 is 4.01. The van der Waals surface area contributed by atoms with Crippen LogP contribution in [0.1, 0.15) is 12.0 Å². The number of benzene rings is 1. The molecule has 0 radical (unpaired) electrons. The van der Waals surface area contributed by atoms with Gasteiger partial charge >= 0.3 is 0 Å². The van der Waals surface area contributed by atoms with Crippen molar-refractivity contribution in [1.82, 2.24) is 0 Å². The number of phenolic OH excluding ortho intramolecular Hbond substituents is 1. The molecular formula is C10H11FOS. The Kier molecular flexibility index (Phi) is 3.83. The zero-order valence-electron chi connectivity index (χ0n) is 7.07. The maximum Gasteiger partial charge on any atom is 0.134 e. The van der Waals surface area contributed by atoms with Crippen LogP contribution in [0.5, 0.6) is 5.75 Å². The van der Waals surface area contributed by atoms with E-state index in [1.165, 1.54) is 18.2 Å². The van der Waals surface area contributed by atoms with Crippen molar-refractivity contribution < 1.29 is 9.50 Å². The second-order valence-corrected chi connectivity index (χ2v) is 3.03. The van der Waals surface area contributed by atoms with Gasteiger partial charge in [-0.1, -0.05) is 18.2 Å². The van der Waals surface area contributed by atoms with Crippen LogP contribution in [0.3, 0.4) is 0 Å². The molecule has 0 atom stereocenters. The van der Waals surface area contributed by atoms with Gasteiger partial charge in [0.25, 0.3) is 0 Å². The molecule has 0 unspecified atom stereocenters. The topological polar surface area (TPSA) is 20.2 Å². The third-order valence-corrected chi connectivity index (χ3v) is 1.87. The quantitative estimate of drug-likeness (QED) is 0.715. The molecule has 1 rings (SSSR count). The lowest BCUT2D eigenvalue weighted by molar-refractivity contribution is 0.467. The number of phenols is 1. The van der Waals surface area contributed by atoms with Crippen LogP contribution in [0.4, 0.5) is 4.39 Å². The Hall–Kier alpha value is -0.960. The van der Waals surface area contributed by atoms with Crippen LogP contribution in [0, 0.1) is 5.82 Å². The second kappa shape index (κ2) is 4.92. The number of halogens is 1. The van der Waals surface area contributed by atoms with E-state index >= 15 is 0 Å². The number of allylic oxidation sites excluding steroid dienone is 1. The van der Waals surface area contributed by atoms with Gasteiger partial charge in [0.15, 0.2) is 0 Å². The van der Waals surface area contributed by atoms with Crippen LogP contribution >= 0.6 is 12.6 Å². The van der Waals surface area contributed by atoms with Gasteiger partial charge in [-0.3, -0.25) is 0 Å². The fourth-order valence-electron chi connectivity index (χ4n) is 0.966. The van der Waals surface area contributed by atoms with Crippen molar-refractivity contribution in [3.05, 3.63) is 35.7 Å². The first-order valence-electron chi connectivity index (χ1n) is 4.00. The predicted molar refractivity (Wildman–Crippen MR) is 55.6 cm³/mol. The Bertz CT molecular complexity index is 290. The van der Waals surface area contributed by atoms with E-state index in [-0.39, 0.29) is 11.3 Å². The molecule has 0 aromatic heterocycles. The van der Waals surface area contributed by atoms with Crippen molar-refractivity contribution in [3.63, 3.8) is 0 Å². The Balaban J connectivity index is 2.87. The van der Waals surface area contributed by atoms with Crippen molar-refractivity contribution in [3.8, 4) is 5.75 Å². The highest BCUT2D eigenvalue weighted by molar-refractivity contribution is 7.80. The smallest absolute Gasteiger partial charge is 0.134 e. The summed E-state index contributed by atoms with van der Waals surface area (Å²) in [5, 5.41) is 9.28. The van der Waals surface area contributed by atoms with Crippen molar-refractivity contribution in [2.24, 2.45) is 0 Å². The summed E-state index contributed by atoms with van der Waals surface area (Å²) in [6, 6.07) is 4.25. The van der Waals surface area contributed by atoms with Gasteiger partial charge in [-0.15, -0.1) is 0 Å². The van der Waals surface area contributed by atoms with Crippen LogP contribution in [0.2, 0.25) is 0 Å². The molecule has 0 bridgehead atoms. The molecule has 1 N–H and O–H groups in total. The monoisotopic (exact) mass is 198 g/mol. The minimum atomic E-state index is -0.407. The first kappa shape index (κ1) is 10.1. The standard InChI is InChI=1S/C10H11FOS/c11-9-5-3-6-10(12)8(9)4-1-2-7-13/h1,3-6,12-13H,2,7H2. The Morgan fingerprint density at radius 1 is 1.46 bits per heavy atom. The summed E-state index contributed by atoms with van der Waals surface area (Å²) in [4.78, 5) is 0. The van der Waals surface area contributed by atoms with Gasteiger partial charge in [0.1, 0.15) is 11.6 Å². The second-order valence-electron chi connectivity index (χ2n) is 2.59. The number of thiol groups is 1. The minimum absolute atomic E-state index is 0.0320. The molecule has 0 spiro atoms. The summed E-state index contributed by atoms with van der Waals surface area (Å²) in [5.74, 6) is 0.275. The van der Waals surface area contributed by atoms with E-state index in [0.29, 0.717) is 5.75 Å². The van der Waals surface area contributed by atoms with E-state index in [2.05, 4.69) is 12.6 Å². The summed E-state index contributed by atoms with van der Waals surface area (Å²) < 4.78 is 13.0. The predicted octanol–water partition coefficient (Wildman–Crippen LogP) is 2.86. The van der Waals surface area contributed by atoms with Crippen molar-refractivity contribution >= 4 is 18.7 Å². The molecule has 0 aliphatic carbocycles. The third-order valence-electron chi connectivity index (χ3n) is 1.61. The van der Waals surface area contributed by atoms with E-state index in [1.54, 1.807) is 12.2 Å². The van der Waals surface area contributed by atoms with Gasteiger partial charge < -0.3 is 5.11 Å². The fourth-order valence-corrected chi connectivity index (χ4v) is 1.12. The number of hydrogen-bond acceptors (Lipinski definition) is 2. The van der Waals surface area contributed by atoms with Crippen molar-refractivity contribution in [2.45, 2.75) is 6.42 Å². The maximum absolute atomic E-state index is 13.0. The molecule has 0 aliphatic rings. The van der Waals surface area contributed by atoms with Crippen LogP contribution < -0.4 is 0 Å². The summed E-state index contributed by atoms with van der Waals surface area (Å²) in [6.45, 7) is 0. The number of rotatable bonds is 3. The van der Waals surface area contributed by atoms with Gasteiger partial charge in [0.2, 0.25) is 0 Å². The fraction of sp³-hybridized carbons (Fsp3) is 0.200. The van der Waals surface area contributed by atoms with Crippen LogP contribution in [0.25, 0.3) is 6.08 Å². The SMILES string of the molecule is Oc1cccc(F)c1C=CCCS. The molecule has 0 saturated carbocycles. The van der Waals surface area contributed by atoms with Crippen LogP contribution in [0.15, 0.2) is 24.3 Å². The van der Waals surface area contributed by atoms with Crippen LogP contribution in [-0.2, 0) is 0 Å². The average molecular weight is 198 g/mol. The average Bonchev–Trinajstić information content (AvgIpc) is 2.10. The highest BCUT2D eigenvalue weighted by Gasteiger charge is 2.02. The lowest BCUT2D eigenvalue weighted by Crippen LogP contribution is -1.81. The molecule has 0 amide bonds. The van der Waals surface area contributed by atoms with E-state index in [1.807, 2.05) is 0 Å². The Morgan fingerprint density at radius 3 is 2.85 bits per heavy atom. The molecule has 13 heavy (non-hydrogen) atoms. The third kappa shape index (κ3) is 2.77. The molecule has 70 valence electrons. The molecule has 3 heteroatoms. The Labute approximate surface area is 82.3 Å². The first-order valence-corrected chi connectivity index (χ1v) is 4.64. The van der Waals surface area contributed by atoms with Gasteiger partial charge in [0.05, 0.1) is 5.56 Å². The molecule has 0 fully saturated rings. The molecule has 0 aliphatic heterocycles. The number of hydrogen-bond donors (Lipinski definition) is 2. The zero-order valence-corrected chi connectivity index (χ0v) is 7.97. The maximum atomic E-state index is 13.0. The van der Waals surface area contributed by atoms with Gasteiger partial charge in [-0.25, -0.2) is 4.39 Å². The van der Waals surface area contributed by atoms with E-state index in [4.69, 9.17) is 0 Å². The van der Waals surface area contributed by atoms with E-state index < -0.39 is 5.82 Å². The van der Waals surface area contributed by atoms with Gasteiger partial charge in [-0.05, 0) is 24.3 Å². The molecule has 0 saturated heterocycles. The highest BCUT2D eigenvalue weighted by Crippen LogP contribution is 2.21. The first-order chi connectivity index (χ1) is 6.25. The summed E-state index contributed by atoms with van der Waals surface area (Å²) in [5.41, 5.74) is 0.240. The van der Waals surface area contributed by atoms with E-state index in [9.17, 15) is 9.50 Å². The van der Waals surface area contributed by atoms with E-state index in [0.717, 1.165) is 6.42 Å². The lowest BCUT2D eigenvalue weighted by Gasteiger charge is -1.99. The highest BCUT2D eigenvalue weighted by atomic mass is 32.1. The van der Waals surface area contributed by atoms with Crippen molar-refractivity contribution in [2.75, 3.05) is 5.75 Å². The summed E-state index contributed by atoms with van der Waals surface area (Å²) in [7, 11) is 0. The molecular weight excluding hydrogens is 187 g/mol. The minimum Gasteiger partial charge on any atom is -0.507 e. The zero-order chi connectivity index (χ0) is 9.68.